The monoisotopic (exact) mass is 418 g/mol. The molecule has 0 N–H and O–H groups in total. The van der Waals surface area contributed by atoms with E-state index in [0.29, 0.717) is 5.92 Å². The van der Waals surface area contributed by atoms with Gasteiger partial charge in [0, 0.05) is 24.0 Å². The van der Waals surface area contributed by atoms with Crippen molar-refractivity contribution in [3.05, 3.63) is 52.2 Å². The summed E-state index contributed by atoms with van der Waals surface area (Å²) in [6.07, 6.45) is 6.17. The fourth-order valence-electron chi connectivity index (χ4n) is 4.58. The predicted octanol–water partition coefficient (Wildman–Crippen LogP) is 4.21. The number of amides is 1. The molecule has 8 heteroatoms. The minimum Gasteiger partial charge on any atom is -0.328 e. The molecule has 152 valence electrons. The van der Waals surface area contributed by atoms with Crippen LogP contribution in [0.1, 0.15) is 70.2 Å². The van der Waals surface area contributed by atoms with Crippen molar-refractivity contribution in [2.24, 2.45) is 0 Å². The molecule has 2 aliphatic rings. The lowest BCUT2D eigenvalue weighted by atomic mass is 10.1. The molecular weight excluding hydrogens is 396 g/mol. The molecule has 2 fully saturated rings. The lowest BCUT2D eigenvalue weighted by molar-refractivity contribution is 0.0733. The zero-order valence-electron chi connectivity index (χ0n) is 17.0. The number of thiophene rings is 1. The molecule has 1 saturated carbocycles. The molecule has 0 bridgehead atoms. The summed E-state index contributed by atoms with van der Waals surface area (Å²) in [7, 11) is 0. The minimum atomic E-state index is -0.0614. The average molecular weight is 419 g/mol. The van der Waals surface area contributed by atoms with Crippen LogP contribution in [0.15, 0.2) is 24.4 Å². The zero-order valence-corrected chi connectivity index (χ0v) is 17.8. The summed E-state index contributed by atoms with van der Waals surface area (Å²) >= 11 is 1.51. The Bertz CT molecular complexity index is 1300. The molecule has 7 nitrogen and oxygen atoms in total. The second kappa shape index (κ2) is 6.57. The smallest absolute Gasteiger partial charge is 0.264 e. The molecule has 30 heavy (non-hydrogen) atoms. The first-order chi connectivity index (χ1) is 14.6. The third-order valence-corrected chi connectivity index (χ3v) is 7.45. The van der Waals surface area contributed by atoms with Crippen LogP contribution in [0, 0.1) is 13.8 Å². The second-order valence-electron chi connectivity index (χ2n) is 8.32. The number of likely N-dealkylation sites (tertiary alicyclic amines) is 1. The van der Waals surface area contributed by atoms with Gasteiger partial charge in [-0.3, -0.25) is 9.20 Å². The highest BCUT2D eigenvalue weighted by Gasteiger charge is 2.36. The summed E-state index contributed by atoms with van der Waals surface area (Å²) in [6, 6.07) is 5.79. The van der Waals surface area contributed by atoms with Crippen LogP contribution < -0.4 is 0 Å². The summed E-state index contributed by atoms with van der Waals surface area (Å²) in [4.78, 5) is 26.9. The van der Waals surface area contributed by atoms with Gasteiger partial charge < -0.3 is 4.90 Å². The molecule has 1 amide bonds. The molecule has 4 aromatic rings. The van der Waals surface area contributed by atoms with E-state index in [2.05, 4.69) is 10.2 Å². The third-order valence-electron chi connectivity index (χ3n) is 6.28. The first kappa shape index (κ1) is 17.9. The number of aromatic nitrogens is 5. The van der Waals surface area contributed by atoms with E-state index in [1.807, 2.05) is 47.5 Å². The van der Waals surface area contributed by atoms with Crippen LogP contribution in [0.4, 0.5) is 0 Å². The number of nitrogens with zero attached hydrogens (tertiary/aromatic N) is 6. The van der Waals surface area contributed by atoms with Gasteiger partial charge in [-0.15, -0.1) is 21.5 Å². The van der Waals surface area contributed by atoms with Crippen molar-refractivity contribution < 1.29 is 4.79 Å². The highest BCUT2D eigenvalue weighted by Crippen LogP contribution is 2.41. The summed E-state index contributed by atoms with van der Waals surface area (Å²) in [5.41, 5.74) is 2.79. The van der Waals surface area contributed by atoms with Crippen molar-refractivity contribution in [2.75, 3.05) is 6.54 Å². The maximum absolute atomic E-state index is 13.7. The average Bonchev–Trinajstić information content (AvgIpc) is 3.18. The van der Waals surface area contributed by atoms with Crippen LogP contribution in [0.2, 0.25) is 0 Å². The molecule has 6 rings (SSSR count). The molecule has 1 aliphatic carbocycles. The second-order valence-corrected chi connectivity index (χ2v) is 9.32. The summed E-state index contributed by atoms with van der Waals surface area (Å²) in [6.45, 7) is 4.79. The Morgan fingerprint density at radius 3 is 2.83 bits per heavy atom. The quantitative estimate of drug-likeness (QED) is 0.498. The van der Waals surface area contributed by atoms with Gasteiger partial charge in [0.1, 0.15) is 10.7 Å². The third kappa shape index (κ3) is 2.66. The number of carbonyl (C=O) groups is 1. The Labute approximate surface area is 177 Å². The van der Waals surface area contributed by atoms with Crippen LogP contribution in [-0.2, 0) is 0 Å². The minimum absolute atomic E-state index is 0.0614. The van der Waals surface area contributed by atoms with Crippen molar-refractivity contribution in [1.29, 1.82) is 0 Å². The summed E-state index contributed by atoms with van der Waals surface area (Å²) < 4.78 is 1.99. The van der Waals surface area contributed by atoms with E-state index >= 15 is 0 Å². The molecule has 1 aliphatic heterocycles. The van der Waals surface area contributed by atoms with Crippen molar-refractivity contribution in [3.63, 3.8) is 0 Å². The van der Waals surface area contributed by atoms with E-state index < -0.39 is 0 Å². The van der Waals surface area contributed by atoms with Gasteiger partial charge in [0.2, 0.25) is 0 Å². The number of carbonyl (C=O) groups excluding carboxylic acids is 1. The van der Waals surface area contributed by atoms with Gasteiger partial charge in [-0.1, -0.05) is 6.07 Å². The maximum Gasteiger partial charge on any atom is 0.264 e. The molecule has 5 heterocycles. The molecule has 1 unspecified atom stereocenters. The SMILES string of the molecule is Cc1nc(C2CC2)nc2sc(C(=O)N3CCCC3c3nnc4ccccn34)c(C)c12. The van der Waals surface area contributed by atoms with E-state index in [-0.39, 0.29) is 11.9 Å². The molecule has 0 spiro atoms. The molecule has 0 radical (unpaired) electrons. The summed E-state index contributed by atoms with van der Waals surface area (Å²) in [5, 5.41) is 9.74. The Morgan fingerprint density at radius 1 is 1.13 bits per heavy atom. The van der Waals surface area contributed by atoms with Crippen molar-refractivity contribution in [3.8, 4) is 0 Å². The number of rotatable bonds is 3. The lowest BCUT2D eigenvalue weighted by Crippen LogP contribution is -2.31. The number of pyridine rings is 1. The molecule has 1 atom stereocenters. The van der Waals surface area contributed by atoms with E-state index in [0.717, 1.165) is 63.0 Å². The van der Waals surface area contributed by atoms with Crippen LogP contribution in [-0.4, -0.2) is 41.9 Å². The molecule has 1 saturated heterocycles. The number of hydrogen-bond donors (Lipinski definition) is 0. The van der Waals surface area contributed by atoms with Gasteiger partial charge in [0.25, 0.3) is 5.91 Å². The standard InChI is InChI=1S/C22H22N6OS/c1-12-17-13(2)23-19(14-8-9-14)24-21(17)30-18(12)22(29)27-11-5-6-15(27)20-26-25-16-7-3-4-10-28(16)20/h3-4,7,10,14-15H,5-6,8-9,11H2,1-2H3. The van der Waals surface area contributed by atoms with Crippen LogP contribution in [0.5, 0.6) is 0 Å². The largest absolute Gasteiger partial charge is 0.328 e. The fourth-order valence-corrected chi connectivity index (χ4v) is 5.78. The molecule has 4 aromatic heterocycles. The lowest BCUT2D eigenvalue weighted by Gasteiger charge is -2.23. The van der Waals surface area contributed by atoms with Crippen molar-refractivity contribution in [2.45, 2.75) is 51.5 Å². The van der Waals surface area contributed by atoms with Gasteiger partial charge in [-0.25, -0.2) is 9.97 Å². The van der Waals surface area contributed by atoms with E-state index in [1.165, 1.54) is 24.2 Å². The van der Waals surface area contributed by atoms with E-state index in [1.54, 1.807) is 0 Å². The Morgan fingerprint density at radius 2 is 2.00 bits per heavy atom. The van der Waals surface area contributed by atoms with Crippen molar-refractivity contribution in [1.82, 2.24) is 29.5 Å². The Hall–Kier alpha value is -2.87. The maximum atomic E-state index is 13.7. The molecule has 0 aromatic carbocycles. The van der Waals surface area contributed by atoms with Gasteiger partial charge in [0.05, 0.1) is 16.6 Å². The van der Waals surface area contributed by atoms with E-state index in [4.69, 9.17) is 9.97 Å². The Balaban J connectivity index is 1.40. The van der Waals surface area contributed by atoms with Crippen molar-refractivity contribution >= 4 is 33.1 Å². The van der Waals surface area contributed by atoms with Crippen LogP contribution >= 0.6 is 11.3 Å². The van der Waals surface area contributed by atoms with Gasteiger partial charge in [0.15, 0.2) is 11.5 Å². The fraction of sp³-hybridized carbons (Fsp3) is 0.409. The highest BCUT2D eigenvalue weighted by atomic mass is 32.1. The highest BCUT2D eigenvalue weighted by molar-refractivity contribution is 7.20. The normalized spacial score (nSPS) is 19.3. The first-order valence-corrected chi connectivity index (χ1v) is 11.3. The topological polar surface area (TPSA) is 76.3 Å². The van der Waals surface area contributed by atoms with Crippen LogP contribution in [0.25, 0.3) is 15.9 Å². The Kier molecular flexibility index (Phi) is 3.93. The molecular formula is C22H22N6OS. The van der Waals surface area contributed by atoms with Gasteiger partial charge in [-0.2, -0.15) is 0 Å². The first-order valence-electron chi connectivity index (χ1n) is 10.5. The predicted molar refractivity (Wildman–Crippen MR) is 115 cm³/mol. The van der Waals surface area contributed by atoms with E-state index in [9.17, 15) is 4.79 Å². The number of hydrogen-bond acceptors (Lipinski definition) is 6. The van der Waals surface area contributed by atoms with Crippen LogP contribution in [0.3, 0.4) is 0 Å². The number of fused-ring (bicyclic) bond motifs is 2. The van der Waals surface area contributed by atoms with Gasteiger partial charge >= 0.3 is 0 Å². The van der Waals surface area contributed by atoms with Gasteiger partial charge in [-0.05, 0) is 57.2 Å². The zero-order chi connectivity index (χ0) is 20.4. The number of aryl methyl sites for hydroxylation is 2. The summed E-state index contributed by atoms with van der Waals surface area (Å²) in [5.74, 6) is 2.34.